The fraction of sp³-hybridized carbons (Fsp3) is 0.692. The van der Waals surface area contributed by atoms with Crippen LogP contribution in [0.15, 0.2) is 29.8 Å². The van der Waals surface area contributed by atoms with Crippen molar-refractivity contribution in [1.29, 1.82) is 0 Å². The normalized spacial score (nSPS) is 34.1. The van der Waals surface area contributed by atoms with Gasteiger partial charge in [-0.3, -0.25) is 0 Å². The van der Waals surface area contributed by atoms with Crippen LogP contribution in [0.4, 0.5) is 0 Å². The van der Waals surface area contributed by atoms with Gasteiger partial charge in [-0.05, 0) is 84.8 Å². The predicted octanol–water partition coefficient (Wildman–Crippen LogP) is 7.11. The van der Waals surface area contributed by atoms with Crippen LogP contribution >= 0.6 is 0 Å². The molecule has 0 spiro atoms. The fourth-order valence-corrected chi connectivity index (χ4v) is 7.49. The molecule has 3 aliphatic rings. The van der Waals surface area contributed by atoms with Crippen molar-refractivity contribution in [3.8, 4) is 5.75 Å². The minimum absolute atomic E-state index is 0.217. The molecular formula is C26H40O2Si. The number of hydrogen-bond acceptors (Lipinski definition) is 2. The first-order chi connectivity index (χ1) is 13.5. The second-order valence-electron chi connectivity index (χ2n) is 11.6. The lowest BCUT2D eigenvalue weighted by Gasteiger charge is -2.52. The summed E-state index contributed by atoms with van der Waals surface area (Å²) in [6, 6.07) is 6.79. The molecule has 1 saturated carbocycles. The van der Waals surface area contributed by atoms with Crippen molar-refractivity contribution in [2.24, 2.45) is 17.3 Å². The smallest absolute Gasteiger partial charge is 0.192 e. The summed E-state index contributed by atoms with van der Waals surface area (Å²) in [6.45, 7) is 16.9. The highest BCUT2D eigenvalue weighted by Crippen LogP contribution is 2.61. The van der Waals surface area contributed by atoms with Crippen LogP contribution in [0.3, 0.4) is 0 Å². The maximum absolute atomic E-state index is 7.02. The zero-order valence-electron chi connectivity index (χ0n) is 19.8. The molecule has 2 nitrogen and oxygen atoms in total. The molecule has 0 aromatic heterocycles. The second-order valence-corrected chi connectivity index (χ2v) is 16.4. The van der Waals surface area contributed by atoms with Crippen LogP contribution in [-0.4, -0.2) is 21.5 Å². The zero-order chi connectivity index (χ0) is 21.2. The van der Waals surface area contributed by atoms with E-state index in [1.54, 1.807) is 18.2 Å². The highest BCUT2D eigenvalue weighted by molar-refractivity contribution is 6.74. The van der Waals surface area contributed by atoms with Crippen LogP contribution in [0.2, 0.25) is 18.1 Å². The average molecular weight is 413 g/mol. The van der Waals surface area contributed by atoms with E-state index in [1.165, 1.54) is 18.4 Å². The standard InChI is InChI=1S/C26H40O2Si/c1-17-15-18-16-19(27-6)9-10-20(18)21-13-14-26(5)22(24(17)21)11-12-23(26)28-29(7,8)25(2,3)4/h9-11,16-17,21,23-24H,12-15H2,1-8H3/t17-,21-,23+,24-,26+/m1/s1. The fourth-order valence-electron chi connectivity index (χ4n) is 6.07. The first-order valence-corrected chi connectivity index (χ1v) is 14.4. The van der Waals surface area contributed by atoms with Crippen LogP contribution in [-0.2, 0) is 10.8 Å². The number of rotatable bonds is 3. The molecule has 1 aromatic rings. The Morgan fingerprint density at radius 1 is 1.17 bits per heavy atom. The molecule has 29 heavy (non-hydrogen) atoms. The van der Waals surface area contributed by atoms with Crippen molar-refractivity contribution in [2.75, 3.05) is 7.11 Å². The maximum atomic E-state index is 7.02. The molecule has 0 bridgehead atoms. The molecule has 5 atom stereocenters. The van der Waals surface area contributed by atoms with Gasteiger partial charge in [-0.2, -0.15) is 0 Å². The van der Waals surface area contributed by atoms with Gasteiger partial charge >= 0.3 is 0 Å². The van der Waals surface area contributed by atoms with Gasteiger partial charge in [-0.1, -0.05) is 52.3 Å². The molecule has 0 amide bonds. The minimum Gasteiger partial charge on any atom is -0.497 e. The van der Waals surface area contributed by atoms with Crippen molar-refractivity contribution in [3.05, 3.63) is 41.0 Å². The molecule has 1 aromatic carbocycles. The van der Waals surface area contributed by atoms with Gasteiger partial charge in [-0.15, -0.1) is 0 Å². The Morgan fingerprint density at radius 2 is 1.90 bits per heavy atom. The van der Waals surface area contributed by atoms with Gasteiger partial charge in [0, 0.05) is 5.41 Å². The van der Waals surface area contributed by atoms with Crippen LogP contribution in [0.5, 0.6) is 5.75 Å². The topological polar surface area (TPSA) is 18.5 Å². The largest absolute Gasteiger partial charge is 0.497 e. The number of methoxy groups -OCH3 is 1. The molecule has 1 fully saturated rings. The Balaban J connectivity index is 1.63. The van der Waals surface area contributed by atoms with E-state index in [4.69, 9.17) is 9.16 Å². The molecule has 0 saturated heterocycles. The third-order valence-electron chi connectivity index (χ3n) is 8.84. The van der Waals surface area contributed by atoms with Crippen molar-refractivity contribution in [1.82, 2.24) is 0 Å². The van der Waals surface area contributed by atoms with Gasteiger partial charge in [0.25, 0.3) is 0 Å². The van der Waals surface area contributed by atoms with Crippen LogP contribution < -0.4 is 4.74 Å². The molecule has 4 rings (SSSR count). The first kappa shape index (κ1) is 21.2. The first-order valence-electron chi connectivity index (χ1n) is 11.5. The molecule has 3 heteroatoms. The summed E-state index contributed by atoms with van der Waals surface area (Å²) in [6.07, 6.45) is 7.73. The number of fused-ring (bicyclic) bond motifs is 5. The van der Waals surface area contributed by atoms with Gasteiger partial charge in [0.05, 0.1) is 13.2 Å². The minimum atomic E-state index is -1.77. The molecule has 0 unspecified atom stereocenters. The lowest BCUT2D eigenvalue weighted by Crippen LogP contribution is -2.50. The van der Waals surface area contributed by atoms with Crippen molar-refractivity contribution < 1.29 is 9.16 Å². The van der Waals surface area contributed by atoms with Crippen molar-refractivity contribution >= 4 is 8.32 Å². The third kappa shape index (κ3) is 3.33. The lowest BCUT2D eigenvalue weighted by atomic mass is 9.55. The Hall–Kier alpha value is -1.06. The van der Waals surface area contributed by atoms with E-state index in [0.29, 0.717) is 23.9 Å². The summed E-state index contributed by atoms with van der Waals surface area (Å²) in [5, 5.41) is 0.263. The molecule has 0 N–H and O–H groups in total. The van der Waals surface area contributed by atoms with Crippen LogP contribution in [0, 0.1) is 17.3 Å². The van der Waals surface area contributed by atoms with E-state index in [2.05, 4.69) is 72.0 Å². The highest BCUT2D eigenvalue weighted by Gasteiger charge is 2.54. The Kier molecular flexibility index (Phi) is 5.10. The Bertz CT molecular complexity index is 818. The highest BCUT2D eigenvalue weighted by atomic mass is 28.4. The average Bonchev–Trinajstić information content (AvgIpc) is 2.96. The zero-order valence-corrected chi connectivity index (χ0v) is 20.8. The monoisotopic (exact) mass is 412 g/mol. The molecule has 0 heterocycles. The molecule has 0 radical (unpaired) electrons. The van der Waals surface area contributed by atoms with Crippen LogP contribution in [0.1, 0.15) is 70.9 Å². The summed E-state index contributed by atoms with van der Waals surface area (Å²) in [5.41, 5.74) is 5.01. The van der Waals surface area contributed by atoms with E-state index in [9.17, 15) is 0 Å². The summed E-state index contributed by atoms with van der Waals surface area (Å²) in [4.78, 5) is 0. The van der Waals surface area contributed by atoms with E-state index in [1.807, 2.05) is 0 Å². The maximum Gasteiger partial charge on any atom is 0.192 e. The second kappa shape index (κ2) is 6.98. The molecule has 160 valence electrons. The summed E-state index contributed by atoms with van der Waals surface area (Å²) >= 11 is 0. The predicted molar refractivity (Wildman–Crippen MR) is 124 cm³/mol. The summed E-state index contributed by atoms with van der Waals surface area (Å²) in [7, 11) is 0.00326. The van der Waals surface area contributed by atoms with Crippen molar-refractivity contribution in [2.45, 2.75) is 90.5 Å². The van der Waals surface area contributed by atoms with Gasteiger partial charge < -0.3 is 9.16 Å². The molecule has 3 aliphatic carbocycles. The van der Waals surface area contributed by atoms with E-state index in [0.717, 1.165) is 18.6 Å². The van der Waals surface area contributed by atoms with Gasteiger partial charge in [0.2, 0.25) is 0 Å². The number of benzene rings is 1. The number of hydrogen-bond donors (Lipinski definition) is 0. The third-order valence-corrected chi connectivity index (χ3v) is 13.3. The summed E-state index contributed by atoms with van der Waals surface area (Å²) < 4.78 is 12.5. The van der Waals surface area contributed by atoms with Crippen LogP contribution in [0.25, 0.3) is 0 Å². The SMILES string of the molecule is COc1ccc2c(c1)C[C@@H](C)[C@H]1C3=CC[C@H](O[Si](C)(C)C(C)(C)C)[C@@]3(C)CC[C@H]21. The molecule has 0 aliphatic heterocycles. The summed E-state index contributed by atoms with van der Waals surface area (Å²) in [5.74, 6) is 3.00. The lowest BCUT2D eigenvalue weighted by molar-refractivity contribution is 0.0489. The van der Waals surface area contributed by atoms with Gasteiger partial charge in [0.1, 0.15) is 5.75 Å². The molecular weight excluding hydrogens is 372 g/mol. The number of ether oxygens (including phenoxy) is 1. The van der Waals surface area contributed by atoms with E-state index in [-0.39, 0.29) is 10.5 Å². The quantitative estimate of drug-likeness (QED) is 0.389. The van der Waals surface area contributed by atoms with Gasteiger partial charge in [0.15, 0.2) is 8.32 Å². The Morgan fingerprint density at radius 3 is 2.55 bits per heavy atom. The van der Waals surface area contributed by atoms with E-state index >= 15 is 0 Å². The Labute approximate surface area is 179 Å². The van der Waals surface area contributed by atoms with E-state index < -0.39 is 8.32 Å². The van der Waals surface area contributed by atoms with Crippen molar-refractivity contribution in [3.63, 3.8) is 0 Å². The van der Waals surface area contributed by atoms with Gasteiger partial charge in [-0.25, -0.2) is 0 Å².